The van der Waals surface area contributed by atoms with Crippen LogP contribution in [0.15, 0.2) is 18.2 Å². The third-order valence-electron chi connectivity index (χ3n) is 3.83. The molecule has 0 amide bonds. The third kappa shape index (κ3) is 3.59. The number of halogens is 1. The highest BCUT2D eigenvalue weighted by atomic mass is 35.5. The first-order chi connectivity index (χ1) is 10.8. The van der Waals surface area contributed by atoms with Crippen molar-refractivity contribution in [2.75, 3.05) is 18.4 Å². The third-order valence-corrected chi connectivity index (χ3v) is 5.07. The molecule has 0 saturated carbocycles. The standard InChI is InChI=1S/C16H21ClN4OS/c1-16(2,3)15(22)21-14(6-12(20-21)10-7-18-8-10)19-9-11-4-5-13(17)23-11/h4-6,10,18-19H,7-9H2,1-3H3. The SMILES string of the molecule is CC(C)(C)C(=O)n1nc(C2CNC2)cc1NCc1ccc(Cl)s1. The molecule has 23 heavy (non-hydrogen) atoms. The van der Waals surface area contributed by atoms with Gasteiger partial charge in [0, 0.05) is 35.4 Å². The van der Waals surface area contributed by atoms with E-state index in [0.29, 0.717) is 12.5 Å². The van der Waals surface area contributed by atoms with Gasteiger partial charge in [0.05, 0.1) is 16.6 Å². The van der Waals surface area contributed by atoms with Crippen molar-refractivity contribution in [3.05, 3.63) is 33.1 Å². The van der Waals surface area contributed by atoms with Crippen LogP contribution in [-0.2, 0) is 6.54 Å². The Bertz CT molecular complexity index is 712. The molecule has 2 aromatic heterocycles. The van der Waals surface area contributed by atoms with E-state index in [1.54, 1.807) is 0 Å². The van der Waals surface area contributed by atoms with Gasteiger partial charge in [-0.05, 0) is 12.1 Å². The summed E-state index contributed by atoms with van der Waals surface area (Å²) in [6, 6.07) is 5.86. The van der Waals surface area contributed by atoms with Crippen molar-refractivity contribution < 1.29 is 4.79 Å². The second kappa shape index (κ2) is 6.26. The van der Waals surface area contributed by atoms with Crippen LogP contribution in [0.25, 0.3) is 0 Å². The largest absolute Gasteiger partial charge is 0.365 e. The number of carbonyl (C=O) groups excluding carboxylic acids is 1. The Morgan fingerprint density at radius 2 is 2.22 bits per heavy atom. The summed E-state index contributed by atoms with van der Waals surface area (Å²) in [6.45, 7) is 8.18. The van der Waals surface area contributed by atoms with Crippen LogP contribution in [0.4, 0.5) is 5.82 Å². The minimum atomic E-state index is -0.482. The number of carbonyl (C=O) groups is 1. The summed E-state index contributed by atoms with van der Waals surface area (Å²) in [5, 5.41) is 11.1. The lowest BCUT2D eigenvalue weighted by Crippen LogP contribution is -2.40. The van der Waals surface area contributed by atoms with E-state index in [-0.39, 0.29) is 5.91 Å². The molecule has 124 valence electrons. The molecule has 1 aliphatic rings. The first-order valence-corrected chi connectivity index (χ1v) is 8.87. The number of hydrogen-bond acceptors (Lipinski definition) is 5. The van der Waals surface area contributed by atoms with Crippen LogP contribution in [0.3, 0.4) is 0 Å². The first-order valence-electron chi connectivity index (χ1n) is 7.68. The molecule has 1 aliphatic heterocycles. The molecule has 1 saturated heterocycles. The van der Waals surface area contributed by atoms with Gasteiger partial charge in [0.1, 0.15) is 5.82 Å². The lowest BCUT2D eigenvalue weighted by atomic mass is 9.96. The number of hydrogen-bond donors (Lipinski definition) is 2. The molecule has 3 heterocycles. The summed E-state index contributed by atoms with van der Waals surface area (Å²) in [6.07, 6.45) is 0. The van der Waals surface area contributed by atoms with E-state index in [4.69, 9.17) is 11.6 Å². The lowest BCUT2D eigenvalue weighted by molar-refractivity contribution is 0.0751. The maximum absolute atomic E-state index is 12.7. The molecule has 2 N–H and O–H groups in total. The van der Waals surface area contributed by atoms with Crippen LogP contribution in [0, 0.1) is 5.41 Å². The summed E-state index contributed by atoms with van der Waals surface area (Å²) in [5.74, 6) is 1.12. The van der Waals surface area contributed by atoms with Crippen molar-refractivity contribution in [2.45, 2.75) is 33.2 Å². The zero-order valence-electron chi connectivity index (χ0n) is 13.5. The van der Waals surface area contributed by atoms with Crippen molar-refractivity contribution in [3.8, 4) is 0 Å². The van der Waals surface area contributed by atoms with Gasteiger partial charge in [0.25, 0.3) is 5.91 Å². The van der Waals surface area contributed by atoms with Crippen LogP contribution < -0.4 is 10.6 Å². The Morgan fingerprint density at radius 3 is 2.74 bits per heavy atom. The van der Waals surface area contributed by atoms with Gasteiger partial charge in [0.2, 0.25) is 0 Å². The molecule has 2 aromatic rings. The quantitative estimate of drug-likeness (QED) is 0.883. The molecular weight excluding hydrogens is 332 g/mol. The normalized spacial score (nSPS) is 15.5. The Labute approximate surface area is 145 Å². The number of aromatic nitrogens is 2. The predicted octanol–water partition coefficient (Wildman–Crippen LogP) is 3.58. The lowest BCUT2D eigenvalue weighted by Gasteiger charge is -2.25. The highest BCUT2D eigenvalue weighted by Gasteiger charge is 2.29. The molecule has 0 spiro atoms. The van der Waals surface area contributed by atoms with E-state index < -0.39 is 5.41 Å². The molecule has 0 bridgehead atoms. The minimum Gasteiger partial charge on any atom is -0.365 e. The zero-order valence-corrected chi connectivity index (χ0v) is 15.1. The van der Waals surface area contributed by atoms with Crippen molar-refractivity contribution >= 4 is 34.7 Å². The number of thiophene rings is 1. The van der Waals surface area contributed by atoms with E-state index in [2.05, 4.69) is 15.7 Å². The van der Waals surface area contributed by atoms with E-state index in [1.165, 1.54) is 16.0 Å². The van der Waals surface area contributed by atoms with Gasteiger partial charge < -0.3 is 10.6 Å². The number of rotatable bonds is 4. The van der Waals surface area contributed by atoms with Crippen molar-refractivity contribution in [2.24, 2.45) is 5.41 Å². The van der Waals surface area contributed by atoms with E-state index in [1.807, 2.05) is 39.0 Å². The molecule has 0 aromatic carbocycles. The minimum absolute atomic E-state index is 0.0113. The fraction of sp³-hybridized carbons (Fsp3) is 0.500. The van der Waals surface area contributed by atoms with Crippen LogP contribution in [0.2, 0.25) is 4.34 Å². The Kier molecular flexibility index (Phi) is 4.49. The molecular formula is C16H21ClN4OS. The fourth-order valence-corrected chi connectivity index (χ4v) is 3.35. The van der Waals surface area contributed by atoms with Crippen LogP contribution >= 0.6 is 22.9 Å². The maximum atomic E-state index is 12.7. The second-order valence-corrected chi connectivity index (χ2v) is 8.64. The van der Waals surface area contributed by atoms with Gasteiger partial charge in [-0.25, -0.2) is 0 Å². The number of anilines is 1. The van der Waals surface area contributed by atoms with Gasteiger partial charge >= 0.3 is 0 Å². The van der Waals surface area contributed by atoms with E-state index >= 15 is 0 Å². The Morgan fingerprint density at radius 1 is 1.48 bits per heavy atom. The average Bonchev–Trinajstić information content (AvgIpc) is 2.99. The van der Waals surface area contributed by atoms with E-state index in [0.717, 1.165) is 33.8 Å². The van der Waals surface area contributed by atoms with Crippen LogP contribution in [0.1, 0.15) is 42.1 Å². The Hall–Kier alpha value is -1.37. The summed E-state index contributed by atoms with van der Waals surface area (Å²) >= 11 is 7.50. The van der Waals surface area contributed by atoms with Gasteiger partial charge in [-0.3, -0.25) is 4.79 Å². The topological polar surface area (TPSA) is 59.0 Å². The molecule has 5 nitrogen and oxygen atoms in total. The second-order valence-electron chi connectivity index (χ2n) is 6.84. The molecule has 3 rings (SSSR count). The molecule has 0 aliphatic carbocycles. The summed E-state index contributed by atoms with van der Waals surface area (Å²) in [7, 11) is 0. The van der Waals surface area contributed by atoms with Crippen LogP contribution in [0.5, 0.6) is 0 Å². The van der Waals surface area contributed by atoms with Gasteiger partial charge in [-0.15, -0.1) is 11.3 Å². The fourth-order valence-electron chi connectivity index (χ4n) is 2.32. The average molecular weight is 353 g/mol. The first kappa shape index (κ1) is 16.5. The summed E-state index contributed by atoms with van der Waals surface area (Å²) in [4.78, 5) is 13.8. The monoisotopic (exact) mass is 352 g/mol. The molecule has 0 radical (unpaired) electrons. The maximum Gasteiger partial charge on any atom is 0.254 e. The number of nitrogens with one attached hydrogen (secondary N) is 2. The predicted molar refractivity (Wildman–Crippen MR) is 94.6 cm³/mol. The van der Waals surface area contributed by atoms with Gasteiger partial charge in [-0.1, -0.05) is 32.4 Å². The Balaban J connectivity index is 1.83. The summed E-state index contributed by atoms with van der Waals surface area (Å²) < 4.78 is 2.28. The number of nitrogens with zero attached hydrogens (tertiary/aromatic N) is 2. The highest BCUT2D eigenvalue weighted by molar-refractivity contribution is 7.16. The molecule has 1 fully saturated rings. The molecule has 0 atom stereocenters. The van der Waals surface area contributed by atoms with Crippen molar-refractivity contribution in [1.82, 2.24) is 15.1 Å². The van der Waals surface area contributed by atoms with Crippen molar-refractivity contribution in [1.29, 1.82) is 0 Å². The molecule has 7 heteroatoms. The highest BCUT2D eigenvalue weighted by Crippen LogP contribution is 2.27. The van der Waals surface area contributed by atoms with Crippen molar-refractivity contribution in [3.63, 3.8) is 0 Å². The van der Waals surface area contributed by atoms with Crippen LogP contribution in [-0.4, -0.2) is 28.8 Å². The smallest absolute Gasteiger partial charge is 0.254 e. The summed E-state index contributed by atoms with van der Waals surface area (Å²) in [5.41, 5.74) is 0.483. The van der Waals surface area contributed by atoms with E-state index in [9.17, 15) is 4.79 Å². The molecule has 0 unspecified atom stereocenters. The van der Waals surface area contributed by atoms with Gasteiger partial charge in [-0.2, -0.15) is 9.78 Å². The van der Waals surface area contributed by atoms with Gasteiger partial charge in [0.15, 0.2) is 0 Å². The zero-order chi connectivity index (χ0) is 16.6.